The van der Waals surface area contributed by atoms with E-state index in [-0.39, 0.29) is 29.4 Å². The first-order valence-electron chi connectivity index (χ1n) is 9.12. The summed E-state index contributed by atoms with van der Waals surface area (Å²) in [4.78, 5) is 25.6. The highest BCUT2D eigenvalue weighted by Gasteiger charge is 2.40. The fraction of sp³-hybridized carbons (Fsp3) is 0.882. The highest BCUT2D eigenvalue weighted by molar-refractivity contribution is 5.78. The monoisotopic (exact) mass is 357 g/mol. The van der Waals surface area contributed by atoms with Gasteiger partial charge in [0.05, 0.1) is 19.8 Å². The van der Waals surface area contributed by atoms with E-state index in [9.17, 15) is 9.59 Å². The van der Waals surface area contributed by atoms with Crippen LogP contribution in [0.1, 0.15) is 40.0 Å². The predicted molar refractivity (Wildman–Crippen MR) is 98.0 cm³/mol. The molecule has 0 bridgehead atoms. The fourth-order valence-corrected chi connectivity index (χ4v) is 2.50. The number of carbonyl (C=O) groups is 2. The van der Waals surface area contributed by atoms with Crippen molar-refractivity contribution in [2.45, 2.75) is 57.7 Å². The Morgan fingerprint density at radius 3 is 2.40 bits per heavy atom. The van der Waals surface area contributed by atoms with Crippen molar-refractivity contribution in [3.63, 3.8) is 0 Å². The van der Waals surface area contributed by atoms with Gasteiger partial charge in [-0.05, 0) is 33.6 Å². The van der Waals surface area contributed by atoms with Crippen molar-refractivity contribution in [3.05, 3.63) is 0 Å². The number of hydrogen-bond donors (Lipinski definition) is 4. The van der Waals surface area contributed by atoms with E-state index in [0.29, 0.717) is 45.8 Å². The predicted octanol–water partition coefficient (Wildman–Crippen LogP) is -0.826. The smallest absolute Gasteiger partial charge is 0.234 e. The molecule has 8 nitrogen and oxygen atoms in total. The number of rotatable bonds is 13. The van der Waals surface area contributed by atoms with Crippen LogP contribution in [-0.4, -0.2) is 73.7 Å². The minimum Gasteiger partial charge on any atom is -0.378 e. The maximum atomic E-state index is 11.8. The number of carbonyl (C=O) groups excluding carboxylic acids is 2. The van der Waals surface area contributed by atoms with E-state index in [4.69, 9.17) is 16.2 Å². The number of ether oxygens (including phenoxy) is 1. The van der Waals surface area contributed by atoms with Gasteiger partial charge in [0.15, 0.2) is 0 Å². The summed E-state index contributed by atoms with van der Waals surface area (Å²) in [6.07, 6.45) is 2.23. The molecule has 1 saturated carbocycles. The first-order valence-corrected chi connectivity index (χ1v) is 9.12. The van der Waals surface area contributed by atoms with Crippen molar-refractivity contribution in [1.29, 1.82) is 0 Å². The third kappa shape index (κ3) is 10.4. The topological polar surface area (TPSA) is 123 Å². The Balaban J connectivity index is 2.17. The van der Waals surface area contributed by atoms with Gasteiger partial charge in [0, 0.05) is 43.7 Å². The highest BCUT2D eigenvalue weighted by atomic mass is 16.5. The summed E-state index contributed by atoms with van der Waals surface area (Å²) < 4.78 is 5.62. The van der Waals surface area contributed by atoms with E-state index >= 15 is 0 Å². The number of nitrogens with two attached hydrogens (primary N) is 2. The summed E-state index contributed by atoms with van der Waals surface area (Å²) in [5.41, 5.74) is 11.3. The minimum atomic E-state index is -0.274. The second kappa shape index (κ2) is 10.7. The Hall–Kier alpha value is -1.22. The van der Waals surface area contributed by atoms with Crippen LogP contribution in [0.15, 0.2) is 0 Å². The Morgan fingerprint density at radius 2 is 1.84 bits per heavy atom. The molecule has 25 heavy (non-hydrogen) atoms. The minimum absolute atomic E-state index is 0.0140. The molecule has 2 amide bonds. The van der Waals surface area contributed by atoms with Gasteiger partial charge in [0.25, 0.3) is 0 Å². The lowest BCUT2D eigenvalue weighted by atomic mass is 10.2. The van der Waals surface area contributed by atoms with Gasteiger partial charge in [0.1, 0.15) is 0 Å². The van der Waals surface area contributed by atoms with Crippen molar-refractivity contribution in [2.75, 3.05) is 39.4 Å². The molecule has 1 aliphatic carbocycles. The molecule has 1 fully saturated rings. The normalized spacial score (nSPS) is 16.8. The summed E-state index contributed by atoms with van der Waals surface area (Å²) in [7, 11) is 0. The zero-order valence-corrected chi connectivity index (χ0v) is 15.8. The molecule has 8 heteroatoms. The molecule has 6 N–H and O–H groups in total. The largest absolute Gasteiger partial charge is 0.378 e. The molecule has 1 unspecified atom stereocenters. The van der Waals surface area contributed by atoms with Crippen molar-refractivity contribution in [3.8, 4) is 0 Å². The van der Waals surface area contributed by atoms with Crippen LogP contribution in [-0.2, 0) is 14.3 Å². The van der Waals surface area contributed by atoms with Crippen LogP contribution in [0.5, 0.6) is 0 Å². The van der Waals surface area contributed by atoms with E-state index in [2.05, 4.69) is 10.6 Å². The van der Waals surface area contributed by atoms with Crippen LogP contribution in [0, 0.1) is 0 Å². The maximum Gasteiger partial charge on any atom is 0.234 e. The van der Waals surface area contributed by atoms with Gasteiger partial charge in [-0.1, -0.05) is 0 Å². The van der Waals surface area contributed by atoms with Crippen LogP contribution in [0.2, 0.25) is 0 Å². The first kappa shape index (κ1) is 21.8. The van der Waals surface area contributed by atoms with E-state index in [1.807, 2.05) is 25.7 Å². The molecular formula is C17H35N5O3. The summed E-state index contributed by atoms with van der Waals surface area (Å²) in [6.45, 7) is 8.73. The second-order valence-electron chi connectivity index (χ2n) is 7.37. The molecule has 1 atom stereocenters. The van der Waals surface area contributed by atoms with Crippen LogP contribution < -0.4 is 22.1 Å². The van der Waals surface area contributed by atoms with E-state index < -0.39 is 0 Å². The van der Waals surface area contributed by atoms with Gasteiger partial charge in [-0.3, -0.25) is 14.5 Å². The zero-order chi connectivity index (χ0) is 18.9. The Bertz CT molecular complexity index is 427. The lowest BCUT2D eigenvalue weighted by Crippen LogP contribution is -2.43. The lowest BCUT2D eigenvalue weighted by Gasteiger charge is -2.22. The Kier molecular flexibility index (Phi) is 9.34. The lowest BCUT2D eigenvalue weighted by molar-refractivity contribution is -0.124. The number of nitrogens with zero attached hydrogens (tertiary/aromatic N) is 1. The van der Waals surface area contributed by atoms with Gasteiger partial charge >= 0.3 is 0 Å². The summed E-state index contributed by atoms with van der Waals surface area (Å²) in [5.74, 6) is -0.0360. The zero-order valence-electron chi connectivity index (χ0n) is 15.8. The molecule has 1 aliphatic rings. The quantitative estimate of drug-likeness (QED) is 0.319. The molecule has 1 rings (SSSR count). The van der Waals surface area contributed by atoms with Gasteiger partial charge in [-0.25, -0.2) is 0 Å². The van der Waals surface area contributed by atoms with Crippen molar-refractivity contribution in [1.82, 2.24) is 15.5 Å². The Labute approximate surface area is 151 Å². The SMILES string of the molecule is CC(C)NC(=O)CN(CCN)CCOCC(C)NC(=O)CC1(N)CC1. The van der Waals surface area contributed by atoms with Crippen LogP contribution in [0.4, 0.5) is 0 Å². The molecule has 0 aromatic carbocycles. The maximum absolute atomic E-state index is 11.8. The second-order valence-corrected chi connectivity index (χ2v) is 7.37. The first-order chi connectivity index (χ1) is 11.7. The van der Waals surface area contributed by atoms with Crippen molar-refractivity contribution in [2.24, 2.45) is 11.5 Å². The van der Waals surface area contributed by atoms with Crippen LogP contribution >= 0.6 is 0 Å². The Morgan fingerprint density at radius 1 is 1.16 bits per heavy atom. The van der Waals surface area contributed by atoms with Gasteiger partial charge < -0.3 is 26.8 Å². The van der Waals surface area contributed by atoms with Crippen LogP contribution in [0.25, 0.3) is 0 Å². The molecule has 0 heterocycles. The van der Waals surface area contributed by atoms with Gasteiger partial charge in [-0.15, -0.1) is 0 Å². The third-order valence-electron chi connectivity index (χ3n) is 3.99. The van der Waals surface area contributed by atoms with Crippen molar-refractivity contribution < 1.29 is 14.3 Å². The van der Waals surface area contributed by atoms with E-state index in [1.165, 1.54) is 0 Å². The molecule has 0 spiro atoms. The molecular weight excluding hydrogens is 322 g/mol. The molecule has 0 radical (unpaired) electrons. The molecule has 0 saturated heterocycles. The molecule has 0 aliphatic heterocycles. The van der Waals surface area contributed by atoms with Gasteiger partial charge in [-0.2, -0.15) is 0 Å². The average Bonchev–Trinajstić information content (AvgIpc) is 3.19. The molecule has 0 aromatic heterocycles. The summed E-state index contributed by atoms with van der Waals surface area (Å²) in [6, 6.07) is 0.0540. The van der Waals surface area contributed by atoms with E-state index in [0.717, 1.165) is 12.8 Å². The van der Waals surface area contributed by atoms with Crippen LogP contribution in [0.3, 0.4) is 0 Å². The summed E-state index contributed by atoms with van der Waals surface area (Å²) in [5, 5.41) is 5.77. The number of amides is 2. The van der Waals surface area contributed by atoms with E-state index in [1.54, 1.807) is 0 Å². The summed E-state index contributed by atoms with van der Waals surface area (Å²) >= 11 is 0. The number of nitrogens with one attached hydrogen (secondary N) is 2. The third-order valence-corrected chi connectivity index (χ3v) is 3.99. The number of hydrogen-bond acceptors (Lipinski definition) is 6. The molecule has 0 aromatic rings. The van der Waals surface area contributed by atoms with Crippen molar-refractivity contribution >= 4 is 11.8 Å². The highest BCUT2D eigenvalue weighted by Crippen LogP contribution is 2.35. The standard InChI is InChI=1S/C17H35N5O3/c1-13(2)20-16(24)11-22(7-6-18)8-9-25-12-14(3)21-15(23)10-17(19)4-5-17/h13-14H,4-12,18-19H2,1-3H3,(H,20,24)(H,21,23). The van der Waals surface area contributed by atoms with Gasteiger partial charge in [0.2, 0.25) is 11.8 Å². The molecule has 146 valence electrons. The fourth-order valence-electron chi connectivity index (χ4n) is 2.50. The average molecular weight is 357 g/mol.